The molecule has 0 aromatic carbocycles. The summed E-state index contributed by atoms with van der Waals surface area (Å²) in [5, 5.41) is 2.87. The van der Waals surface area contributed by atoms with Crippen LogP contribution in [0.1, 0.15) is 17.3 Å². The number of hydrogen-bond acceptors (Lipinski definition) is 5. The van der Waals surface area contributed by atoms with Gasteiger partial charge in [-0.3, -0.25) is 15.6 Å². The van der Waals surface area contributed by atoms with E-state index in [9.17, 15) is 4.79 Å². The van der Waals surface area contributed by atoms with Gasteiger partial charge in [0.1, 0.15) is 0 Å². The van der Waals surface area contributed by atoms with Crippen molar-refractivity contribution >= 4 is 23.4 Å². The SMILES string of the molecule is CSCC(C)CNC(=O)c1cnccc1NN. The number of rotatable bonds is 6. The molecular weight excluding hydrogens is 236 g/mol. The number of aromatic nitrogens is 1. The quantitative estimate of drug-likeness (QED) is 0.523. The summed E-state index contributed by atoms with van der Waals surface area (Å²) < 4.78 is 0. The van der Waals surface area contributed by atoms with Gasteiger partial charge in [-0.1, -0.05) is 6.92 Å². The van der Waals surface area contributed by atoms with Gasteiger partial charge in [0.25, 0.3) is 5.91 Å². The number of hydrazine groups is 1. The Bertz CT molecular complexity index is 372. The van der Waals surface area contributed by atoms with Gasteiger partial charge in [-0.2, -0.15) is 11.8 Å². The number of pyridine rings is 1. The number of nitrogens with one attached hydrogen (secondary N) is 2. The molecule has 0 aliphatic heterocycles. The van der Waals surface area contributed by atoms with Gasteiger partial charge >= 0.3 is 0 Å². The summed E-state index contributed by atoms with van der Waals surface area (Å²) in [6, 6.07) is 1.67. The largest absolute Gasteiger partial charge is 0.352 e. The van der Waals surface area contributed by atoms with Gasteiger partial charge in [0.15, 0.2) is 0 Å². The van der Waals surface area contributed by atoms with E-state index in [1.165, 1.54) is 6.20 Å². The lowest BCUT2D eigenvalue weighted by molar-refractivity contribution is 0.0949. The Morgan fingerprint density at radius 2 is 2.41 bits per heavy atom. The molecule has 0 fully saturated rings. The molecule has 1 aromatic heterocycles. The van der Waals surface area contributed by atoms with Crippen molar-refractivity contribution in [2.45, 2.75) is 6.92 Å². The number of nitrogen functional groups attached to an aromatic ring is 1. The lowest BCUT2D eigenvalue weighted by atomic mass is 10.2. The van der Waals surface area contributed by atoms with Gasteiger partial charge in [-0.25, -0.2) is 0 Å². The van der Waals surface area contributed by atoms with Crippen LogP contribution in [0.4, 0.5) is 5.69 Å². The number of nitrogens with two attached hydrogens (primary N) is 1. The van der Waals surface area contributed by atoms with Crippen LogP contribution in [0.5, 0.6) is 0 Å². The smallest absolute Gasteiger partial charge is 0.255 e. The Balaban J connectivity index is 2.58. The lowest BCUT2D eigenvalue weighted by Crippen LogP contribution is -2.30. The first-order valence-electron chi connectivity index (χ1n) is 5.36. The molecule has 1 rings (SSSR count). The molecule has 1 unspecified atom stereocenters. The Kier molecular flexibility index (Phi) is 5.79. The predicted molar refractivity (Wildman–Crippen MR) is 71.9 cm³/mol. The first-order valence-corrected chi connectivity index (χ1v) is 6.76. The summed E-state index contributed by atoms with van der Waals surface area (Å²) in [5.74, 6) is 6.64. The molecule has 0 saturated carbocycles. The molecule has 0 bridgehead atoms. The second-order valence-electron chi connectivity index (χ2n) is 3.84. The van der Waals surface area contributed by atoms with E-state index in [1.807, 2.05) is 0 Å². The Labute approximate surface area is 106 Å². The first-order chi connectivity index (χ1) is 8.19. The average Bonchev–Trinajstić information content (AvgIpc) is 2.36. The summed E-state index contributed by atoms with van der Waals surface area (Å²) in [6.07, 6.45) is 5.14. The fourth-order valence-electron chi connectivity index (χ4n) is 1.41. The van der Waals surface area contributed by atoms with Crippen molar-refractivity contribution in [1.82, 2.24) is 10.3 Å². The molecule has 17 heavy (non-hydrogen) atoms. The van der Waals surface area contributed by atoms with Gasteiger partial charge in [-0.15, -0.1) is 0 Å². The number of nitrogens with zero attached hydrogens (tertiary/aromatic N) is 1. The number of carbonyl (C=O) groups is 1. The fraction of sp³-hybridized carbons (Fsp3) is 0.455. The number of amides is 1. The van der Waals surface area contributed by atoms with Crippen LogP contribution in [0, 0.1) is 5.92 Å². The van der Waals surface area contributed by atoms with Gasteiger partial charge in [0.2, 0.25) is 0 Å². The van der Waals surface area contributed by atoms with E-state index in [0.717, 1.165) is 5.75 Å². The molecule has 0 spiro atoms. The fourth-order valence-corrected chi connectivity index (χ4v) is 2.09. The van der Waals surface area contributed by atoms with Gasteiger partial charge in [-0.05, 0) is 24.0 Å². The molecule has 1 atom stereocenters. The van der Waals surface area contributed by atoms with E-state index in [-0.39, 0.29) is 5.91 Å². The highest BCUT2D eigenvalue weighted by atomic mass is 32.2. The molecule has 0 aliphatic rings. The monoisotopic (exact) mass is 254 g/mol. The van der Waals surface area contributed by atoms with Crippen molar-refractivity contribution in [2.75, 3.05) is 24.0 Å². The second-order valence-corrected chi connectivity index (χ2v) is 4.75. The van der Waals surface area contributed by atoms with Crippen LogP contribution in [0.2, 0.25) is 0 Å². The van der Waals surface area contributed by atoms with Crippen LogP contribution in [-0.2, 0) is 0 Å². The maximum atomic E-state index is 11.9. The first kappa shape index (κ1) is 13.8. The van der Waals surface area contributed by atoms with Gasteiger partial charge in [0.05, 0.1) is 11.3 Å². The zero-order valence-electron chi connectivity index (χ0n) is 10.1. The van der Waals surface area contributed by atoms with Crippen molar-refractivity contribution in [3.05, 3.63) is 24.0 Å². The highest BCUT2D eigenvalue weighted by molar-refractivity contribution is 7.98. The predicted octanol–water partition coefficient (Wildman–Crippen LogP) is 1.10. The molecule has 1 aromatic rings. The third kappa shape index (κ3) is 4.24. The van der Waals surface area contributed by atoms with Crippen LogP contribution in [0.25, 0.3) is 0 Å². The highest BCUT2D eigenvalue weighted by Gasteiger charge is 2.11. The Morgan fingerprint density at radius 3 is 3.06 bits per heavy atom. The number of hydrogen-bond donors (Lipinski definition) is 3. The lowest BCUT2D eigenvalue weighted by Gasteiger charge is -2.12. The van der Waals surface area contributed by atoms with Crippen LogP contribution in [0.3, 0.4) is 0 Å². The molecule has 0 radical (unpaired) electrons. The minimum absolute atomic E-state index is 0.154. The number of carbonyl (C=O) groups excluding carboxylic acids is 1. The summed E-state index contributed by atoms with van der Waals surface area (Å²) in [5.41, 5.74) is 3.53. The maximum absolute atomic E-state index is 11.9. The molecule has 4 N–H and O–H groups in total. The van der Waals surface area contributed by atoms with E-state index in [1.54, 1.807) is 24.0 Å². The van der Waals surface area contributed by atoms with Crippen molar-refractivity contribution < 1.29 is 4.79 Å². The van der Waals surface area contributed by atoms with Crippen LogP contribution < -0.4 is 16.6 Å². The van der Waals surface area contributed by atoms with E-state index in [2.05, 4.69) is 28.9 Å². The van der Waals surface area contributed by atoms with Crippen LogP contribution in [0.15, 0.2) is 18.5 Å². The average molecular weight is 254 g/mol. The standard InChI is InChI=1S/C11H18N4OS/c1-8(7-17-2)5-14-11(16)9-6-13-4-3-10(9)15-12/h3-4,6,8H,5,7,12H2,1-2H3,(H,13,15)(H,14,16). The van der Waals surface area contributed by atoms with Crippen LogP contribution in [-0.4, -0.2) is 29.4 Å². The molecule has 94 valence electrons. The van der Waals surface area contributed by atoms with Crippen molar-refractivity contribution in [1.29, 1.82) is 0 Å². The third-order valence-electron chi connectivity index (χ3n) is 2.28. The van der Waals surface area contributed by atoms with E-state index >= 15 is 0 Å². The molecule has 5 nitrogen and oxygen atoms in total. The van der Waals surface area contributed by atoms with Crippen molar-refractivity contribution in [2.24, 2.45) is 11.8 Å². The molecule has 1 amide bonds. The van der Waals surface area contributed by atoms with Crippen molar-refractivity contribution in [3.8, 4) is 0 Å². The second kappa shape index (κ2) is 7.13. The van der Waals surface area contributed by atoms with E-state index in [4.69, 9.17) is 5.84 Å². The van der Waals surface area contributed by atoms with Gasteiger partial charge < -0.3 is 10.7 Å². The zero-order valence-corrected chi connectivity index (χ0v) is 10.9. The third-order valence-corrected chi connectivity index (χ3v) is 3.19. The molecule has 0 aliphatic carbocycles. The van der Waals surface area contributed by atoms with E-state index in [0.29, 0.717) is 23.7 Å². The maximum Gasteiger partial charge on any atom is 0.255 e. The number of thioether (sulfide) groups is 1. The molecule has 1 heterocycles. The zero-order chi connectivity index (χ0) is 12.7. The molecule has 6 heteroatoms. The minimum Gasteiger partial charge on any atom is -0.352 e. The summed E-state index contributed by atoms with van der Waals surface area (Å²) in [7, 11) is 0. The van der Waals surface area contributed by atoms with E-state index < -0.39 is 0 Å². The Morgan fingerprint density at radius 1 is 1.65 bits per heavy atom. The Hall–Kier alpha value is -1.27. The van der Waals surface area contributed by atoms with Crippen LogP contribution >= 0.6 is 11.8 Å². The minimum atomic E-state index is -0.154. The molecular formula is C11H18N4OS. The highest BCUT2D eigenvalue weighted by Crippen LogP contribution is 2.11. The summed E-state index contributed by atoms with van der Waals surface area (Å²) in [4.78, 5) is 15.8. The summed E-state index contributed by atoms with van der Waals surface area (Å²) >= 11 is 1.77. The number of anilines is 1. The van der Waals surface area contributed by atoms with Crippen molar-refractivity contribution in [3.63, 3.8) is 0 Å². The van der Waals surface area contributed by atoms with Gasteiger partial charge in [0, 0.05) is 18.9 Å². The normalized spacial score (nSPS) is 11.9. The topological polar surface area (TPSA) is 80.0 Å². The summed E-state index contributed by atoms with van der Waals surface area (Å²) in [6.45, 7) is 2.75. The molecule has 0 saturated heterocycles.